The van der Waals surface area contributed by atoms with Gasteiger partial charge < -0.3 is 5.32 Å². The van der Waals surface area contributed by atoms with Crippen LogP contribution in [0.2, 0.25) is 0 Å². The van der Waals surface area contributed by atoms with Gasteiger partial charge >= 0.3 is 0 Å². The molecule has 0 aliphatic heterocycles. The van der Waals surface area contributed by atoms with Crippen LogP contribution in [0.4, 0.5) is 5.95 Å². The quantitative estimate of drug-likeness (QED) is 0.480. The maximum Gasteiger partial charge on any atom is 0.238 e. The lowest BCUT2D eigenvalue weighted by Gasteiger charge is -2.19. The van der Waals surface area contributed by atoms with Gasteiger partial charge in [-0.25, -0.2) is 23.5 Å². The van der Waals surface area contributed by atoms with Crippen molar-refractivity contribution in [1.82, 2.24) is 9.97 Å². The molecule has 1 aromatic heterocycles. The van der Waals surface area contributed by atoms with Crippen LogP contribution in [0.15, 0.2) is 83.8 Å². The number of nitrogens with two attached hydrogens (primary N) is 1. The van der Waals surface area contributed by atoms with Crippen LogP contribution in [-0.2, 0) is 10.0 Å². The van der Waals surface area contributed by atoms with Crippen molar-refractivity contribution in [2.75, 3.05) is 5.32 Å². The molecular formula is C23H22N4O2S. The van der Waals surface area contributed by atoms with E-state index in [1.807, 2.05) is 67.6 Å². The number of rotatable bonds is 6. The Labute approximate surface area is 175 Å². The van der Waals surface area contributed by atoms with Crippen LogP contribution in [0, 0.1) is 0 Å². The molecule has 0 amide bonds. The smallest absolute Gasteiger partial charge is 0.238 e. The molecule has 0 aliphatic rings. The predicted octanol–water partition coefficient (Wildman–Crippen LogP) is 4.51. The Bertz CT molecular complexity index is 1290. The molecule has 152 valence electrons. The zero-order valence-corrected chi connectivity index (χ0v) is 17.3. The van der Waals surface area contributed by atoms with E-state index in [1.165, 1.54) is 6.07 Å². The van der Waals surface area contributed by atoms with E-state index in [2.05, 4.69) is 10.3 Å². The monoisotopic (exact) mass is 418 g/mol. The van der Waals surface area contributed by atoms with Crippen LogP contribution in [0.5, 0.6) is 0 Å². The van der Waals surface area contributed by atoms with Crippen LogP contribution in [0.1, 0.15) is 24.9 Å². The SMILES string of the molecule is CCC(Nc1nc(-c2ccccc2)c2ccccc2n1)c1cccc(S(N)(=O)=O)c1. The third kappa shape index (κ3) is 4.17. The van der Waals surface area contributed by atoms with Gasteiger partial charge in [0.1, 0.15) is 0 Å². The van der Waals surface area contributed by atoms with E-state index in [0.717, 1.165) is 27.7 Å². The van der Waals surface area contributed by atoms with Crippen molar-refractivity contribution in [3.8, 4) is 11.3 Å². The molecular weight excluding hydrogens is 396 g/mol. The highest BCUT2D eigenvalue weighted by Gasteiger charge is 2.16. The van der Waals surface area contributed by atoms with E-state index in [9.17, 15) is 8.42 Å². The summed E-state index contributed by atoms with van der Waals surface area (Å²) in [4.78, 5) is 9.56. The van der Waals surface area contributed by atoms with E-state index in [0.29, 0.717) is 12.4 Å². The van der Waals surface area contributed by atoms with Gasteiger partial charge in [0.05, 0.1) is 22.1 Å². The van der Waals surface area contributed by atoms with Crippen LogP contribution in [0.25, 0.3) is 22.2 Å². The summed E-state index contributed by atoms with van der Waals surface area (Å²) in [7, 11) is -3.77. The molecule has 0 aliphatic carbocycles. The van der Waals surface area contributed by atoms with E-state index in [-0.39, 0.29) is 10.9 Å². The molecule has 0 radical (unpaired) electrons. The van der Waals surface area contributed by atoms with E-state index in [1.54, 1.807) is 12.1 Å². The molecule has 0 saturated heterocycles. The summed E-state index contributed by atoms with van der Waals surface area (Å²) in [5.74, 6) is 0.486. The maximum atomic E-state index is 11.7. The molecule has 0 saturated carbocycles. The fourth-order valence-electron chi connectivity index (χ4n) is 3.44. The third-order valence-corrected chi connectivity index (χ3v) is 5.86. The zero-order chi connectivity index (χ0) is 21.1. The Balaban J connectivity index is 1.76. The number of anilines is 1. The average Bonchev–Trinajstić information content (AvgIpc) is 2.77. The number of aromatic nitrogens is 2. The normalized spacial score (nSPS) is 12.6. The van der Waals surface area contributed by atoms with Gasteiger partial charge in [-0.2, -0.15) is 0 Å². The fraction of sp³-hybridized carbons (Fsp3) is 0.130. The van der Waals surface area contributed by atoms with Gasteiger partial charge in [-0.15, -0.1) is 0 Å². The summed E-state index contributed by atoms with van der Waals surface area (Å²) in [6.07, 6.45) is 0.713. The number of benzene rings is 3. The van der Waals surface area contributed by atoms with Crippen molar-refractivity contribution < 1.29 is 8.42 Å². The van der Waals surface area contributed by atoms with Gasteiger partial charge in [0.15, 0.2) is 0 Å². The summed E-state index contributed by atoms with van der Waals surface area (Å²) >= 11 is 0. The highest BCUT2D eigenvalue weighted by molar-refractivity contribution is 7.89. The Morgan fingerprint density at radius 3 is 2.40 bits per heavy atom. The number of hydrogen-bond donors (Lipinski definition) is 2. The minimum atomic E-state index is -3.77. The standard InChI is InChI=1S/C23H22N4O2S/c1-2-20(17-11-8-12-18(15-17)30(24,28)29)25-23-26-21-14-7-6-13-19(21)22(27-23)16-9-4-3-5-10-16/h3-15,20H,2H2,1H3,(H2,24,28,29)(H,25,26,27). The van der Waals surface area contributed by atoms with E-state index < -0.39 is 10.0 Å². The average molecular weight is 419 g/mol. The van der Waals surface area contributed by atoms with E-state index in [4.69, 9.17) is 10.1 Å². The number of nitrogens with zero attached hydrogens (tertiary/aromatic N) is 2. The Morgan fingerprint density at radius 2 is 1.67 bits per heavy atom. The molecule has 30 heavy (non-hydrogen) atoms. The largest absolute Gasteiger partial charge is 0.347 e. The topological polar surface area (TPSA) is 98.0 Å². The van der Waals surface area contributed by atoms with Gasteiger partial charge in [-0.05, 0) is 30.2 Å². The van der Waals surface area contributed by atoms with Crippen LogP contribution in [-0.4, -0.2) is 18.4 Å². The second-order valence-corrected chi connectivity index (χ2v) is 8.56. The van der Waals surface area contributed by atoms with Crippen LogP contribution >= 0.6 is 0 Å². The third-order valence-electron chi connectivity index (χ3n) is 4.95. The summed E-state index contributed by atoms with van der Waals surface area (Å²) in [5.41, 5.74) is 3.49. The second kappa shape index (κ2) is 8.22. The lowest BCUT2D eigenvalue weighted by Crippen LogP contribution is -2.15. The van der Waals surface area contributed by atoms with Crippen molar-refractivity contribution in [2.24, 2.45) is 5.14 Å². The highest BCUT2D eigenvalue weighted by Crippen LogP contribution is 2.29. The molecule has 3 aromatic carbocycles. The number of hydrogen-bond acceptors (Lipinski definition) is 5. The van der Waals surface area contributed by atoms with Crippen molar-refractivity contribution in [3.63, 3.8) is 0 Å². The van der Waals surface area contributed by atoms with Crippen molar-refractivity contribution >= 4 is 26.9 Å². The first-order valence-electron chi connectivity index (χ1n) is 9.67. The number of fused-ring (bicyclic) bond motifs is 1. The summed E-state index contributed by atoms with van der Waals surface area (Å²) in [6.45, 7) is 2.01. The Morgan fingerprint density at radius 1 is 0.933 bits per heavy atom. The summed E-state index contributed by atoms with van der Waals surface area (Å²) in [5, 5.41) is 9.63. The first kappa shape index (κ1) is 20.0. The van der Waals surface area contributed by atoms with Crippen molar-refractivity contribution in [1.29, 1.82) is 0 Å². The molecule has 4 rings (SSSR count). The molecule has 4 aromatic rings. The molecule has 0 bridgehead atoms. The second-order valence-electron chi connectivity index (χ2n) is 7.00. The fourth-order valence-corrected chi connectivity index (χ4v) is 4.01. The van der Waals surface area contributed by atoms with Gasteiger partial charge in [0.2, 0.25) is 16.0 Å². The lowest BCUT2D eigenvalue weighted by atomic mass is 10.0. The molecule has 1 unspecified atom stereocenters. The minimum Gasteiger partial charge on any atom is -0.347 e. The molecule has 3 N–H and O–H groups in total. The minimum absolute atomic E-state index is 0.0876. The lowest BCUT2D eigenvalue weighted by molar-refractivity contribution is 0.597. The molecule has 6 nitrogen and oxygen atoms in total. The van der Waals surface area contributed by atoms with Gasteiger partial charge in [0, 0.05) is 10.9 Å². The number of primary sulfonamides is 1. The molecule has 1 heterocycles. The van der Waals surface area contributed by atoms with Crippen LogP contribution in [0.3, 0.4) is 0 Å². The molecule has 0 fully saturated rings. The first-order chi connectivity index (χ1) is 14.5. The van der Waals surface area contributed by atoms with Gasteiger partial charge in [-0.1, -0.05) is 67.6 Å². The maximum absolute atomic E-state index is 11.7. The van der Waals surface area contributed by atoms with Gasteiger partial charge in [0.25, 0.3) is 0 Å². The molecule has 0 spiro atoms. The van der Waals surface area contributed by atoms with E-state index >= 15 is 0 Å². The summed E-state index contributed by atoms with van der Waals surface area (Å²) in [6, 6.07) is 24.3. The predicted molar refractivity (Wildman–Crippen MR) is 119 cm³/mol. The number of para-hydroxylation sites is 1. The van der Waals surface area contributed by atoms with Crippen molar-refractivity contribution in [2.45, 2.75) is 24.3 Å². The Kier molecular flexibility index (Phi) is 5.48. The Hall–Kier alpha value is -3.29. The first-order valence-corrected chi connectivity index (χ1v) is 11.2. The number of sulfonamides is 1. The highest BCUT2D eigenvalue weighted by atomic mass is 32.2. The van der Waals surface area contributed by atoms with Crippen molar-refractivity contribution in [3.05, 3.63) is 84.4 Å². The molecule has 7 heteroatoms. The summed E-state index contributed by atoms with van der Waals surface area (Å²) < 4.78 is 23.5. The number of nitrogens with one attached hydrogen (secondary N) is 1. The molecule has 1 atom stereocenters. The van der Waals surface area contributed by atoms with Crippen LogP contribution < -0.4 is 10.5 Å². The zero-order valence-electron chi connectivity index (χ0n) is 16.5. The van der Waals surface area contributed by atoms with Gasteiger partial charge in [-0.3, -0.25) is 0 Å².